The minimum Gasteiger partial charge on any atom is -0.496 e. The lowest BCUT2D eigenvalue weighted by atomic mass is 9.84. The number of halogens is 1. The molecule has 3 rings (SSSR count). The fraction of sp³-hybridized carbons (Fsp3) is 0.174. The number of benzene rings is 3. The van der Waals surface area contributed by atoms with Crippen molar-refractivity contribution in [2.24, 2.45) is 0 Å². The van der Waals surface area contributed by atoms with Crippen molar-refractivity contribution < 1.29 is 23.9 Å². The Balaban J connectivity index is 2.29. The summed E-state index contributed by atoms with van der Waals surface area (Å²) in [6, 6.07) is 16.9. The van der Waals surface area contributed by atoms with Crippen LogP contribution in [0.15, 0.2) is 60.7 Å². The molecule has 0 fully saturated rings. The third-order valence-corrected chi connectivity index (χ3v) is 4.93. The van der Waals surface area contributed by atoms with E-state index in [-0.39, 0.29) is 11.3 Å². The maximum atomic E-state index is 13.5. The van der Waals surface area contributed by atoms with Crippen molar-refractivity contribution in [2.75, 3.05) is 12.4 Å². The Labute approximate surface area is 178 Å². The quantitative estimate of drug-likeness (QED) is 0.465. The Bertz CT molecular complexity index is 1130. The average molecular weight is 426 g/mol. The van der Waals surface area contributed by atoms with Crippen molar-refractivity contribution in [3.05, 3.63) is 71.2 Å². The lowest BCUT2D eigenvalue weighted by Gasteiger charge is -2.32. The van der Waals surface area contributed by atoms with Gasteiger partial charge >= 0.3 is 5.97 Å². The Morgan fingerprint density at radius 1 is 0.933 bits per heavy atom. The maximum Gasteiger partial charge on any atom is 0.304 e. The molecule has 0 saturated heterocycles. The number of carbonyl (C=O) groups excluding carboxylic acids is 3. The number of Topliss-reactive ketones (excluding diaryl/α,β-unsaturated/α-hetero) is 1. The number of anilines is 1. The number of hydrogen-bond donors (Lipinski definition) is 1. The second-order valence-corrected chi connectivity index (χ2v) is 7.09. The fourth-order valence-electron chi connectivity index (χ4n) is 3.37. The van der Waals surface area contributed by atoms with Gasteiger partial charge in [0.05, 0.1) is 12.7 Å². The number of amides is 1. The van der Waals surface area contributed by atoms with E-state index in [2.05, 4.69) is 5.32 Å². The largest absolute Gasteiger partial charge is 0.496 e. The molecule has 0 aromatic heterocycles. The van der Waals surface area contributed by atoms with E-state index in [4.69, 9.17) is 21.1 Å². The molecule has 0 aliphatic carbocycles. The van der Waals surface area contributed by atoms with Gasteiger partial charge in [0.2, 0.25) is 0 Å². The van der Waals surface area contributed by atoms with Gasteiger partial charge in [-0.25, -0.2) is 0 Å². The molecule has 3 aromatic rings. The van der Waals surface area contributed by atoms with Crippen LogP contribution in [0.25, 0.3) is 10.8 Å². The molecule has 0 radical (unpaired) electrons. The number of hydrogen-bond acceptors (Lipinski definition) is 5. The minimum atomic E-state index is -2.25. The Hall–Kier alpha value is -3.38. The molecule has 0 bridgehead atoms. The van der Waals surface area contributed by atoms with Crippen LogP contribution < -0.4 is 10.1 Å². The molecule has 0 heterocycles. The minimum absolute atomic E-state index is 0.164. The first-order valence-electron chi connectivity index (χ1n) is 9.13. The number of nitrogens with one attached hydrogen (secondary N) is 1. The van der Waals surface area contributed by atoms with Crippen LogP contribution in [0.4, 0.5) is 5.69 Å². The Kier molecular flexibility index (Phi) is 6.08. The molecule has 0 aliphatic rings. The maximum absolute atomic E-state index is 13.5. The number of esters is 1. The van der Waals surface area contributed by atoms with Crippen LogP contribution in [0.2, 0.25) is 5.02 Å². The van der Waals surface area contributed by atoms with E-state index >= 15 is 0 Å². The van der Waals surface area contributed by atoms with Gasteiger partial charge in [0.1, 0.15) is 5.75 Å². The molecule has 0 aliphatic heterocycles. The first-order chi connectivity index (χ1) is 14.3. The summed E-state index contributed by atoms with van der Waals surface area (Å²) in [5.74, 6) is -2.02. The first-order valence-corrected chi connectivity index (χ1v) is 9.51. The van der Waals surface area contributed by atoms with Crippen molar-refractivity contribution in [1.82, 2.24) is 0 Å². The van der Waals surface area contributed by atoms with E-state index in [0.29, 0.717) is 16.1 Å². The van der Waals surface area contributed by atoms with Gasteiger partial charge in [0.15, 0.2) is 5.78 Å². The van der Waals surface area contributed by atoms with E-state index < -0.39 is 23.3 Å². The number of fused-ring (bicyclic) bond motifs is 1. The summed E-state index contributed by atoms with van der Waals surface area (Å²) in [5, 5.41) is 4.46. The van der Waals surface area contributed by atoms with Gasteiger partial charge in [-0.15, -0.1) is 0 Å². The van der Waals surface area contributed by atoms with E-state index in [1.165, 1.54) is 14.0 Å². The van der Waals surface area contributed by atoms with Gasteiger partial charge in [0, 0.05) is 17.6 Å². The third kappa shape index (κ3) is 3.86. The van der Waals surface area contributed by atoms with Gasteiger partial charge in [-0.05, 0) is 48.0 Å². The van der Waals surface area contributed by atoms with Crippen LogP contribution in [-0.4, -0.2) is 24.8 Å². The second-order valence-electron chi connectivity index (χ2n) is 6.66. The SMILES string of the molecule is COc1ccc2ccccc2c1C(OC(C)=O)(C(C)=O)C(=O)Nc1ccc(Cl)cc1. The molecule has 3 aromatic carbocycles. The third-order valence-electron chi connectivity index (χ3n) is 4.68. The van der Waals surface area contributed by atoms with Crippen LogP contribution in [0.3, 0.4) is 0 Å². The highest BCUT2D eigenvalue weighted by Crippen LogP contribution is 2.41. The molecule has 6 nitrogen and oxygen atoms in total. The number of ketones is 1. The lowest BCUT2D eigenvalue weighted by Crippen LogP contribution is -2.49. The molecule has 1 unspecified atom stereocenters. The predicted octanol–water partition coefficient (Wildman–Crippen LogP) is 4.49. The van der Waals surface area contributed by atoms with E-state index in [0.717, 1.165) is 12.3 Å². The molecule has 0 spiro atoms. The van der Waals surface area contributed by atoms with Crippen molar-refractivity contribution in [3.63, 3.8) is 0 Å². The highest BCUT2D eigenvalue weighted by molar-refractivity contribution is 6.30. The summed E-state index contributed by atoms with van der Waals surface area (Å²) in [6.45, 7) is 2.34. The van der Waals surface area contributed by atoms with Gasteiger partial charge in [0.25, 0.3) is 11.5 Å². The predicted molar refractivity (Wildman–Crippen MR) is 115 cm³/mol. The summed E-state index contributed by atoms with van der Waals surface area (Å²) < 4.78 is 11.0. The normalized spacial score (nSPS) is 12.7. The fourth-order valence-corrected chi connectivity index (χ4v) is 3.50. The van der Waals surface area contributed by atoms with Crippen molar-refractivity contribution in [3.8, 4) is 5.75 Å². The summed E-state index contributed by atoms with van der Waals surface area (Å²) >= 11 is 5.91. The molecule has 1 atom stereocenters. The summed E-state index contributed by atoms with van der Waals surface area (Å²) in [4.78, 5) is 38.6. The number of rotatable bonds is 6. The summed E-state index contributed by atoms with van der Waals surface area (Å²) in [5.41, 5.74) is -1.70. The van der Waals surface area contributed by atoms with Crippen molar-refractivity contribution in [2.45, 2.75) is 19.4 Å². The Morgan fingerprint density at radius 2 is 1.60 bits per heavy atom. The van der Waals surface area contributed by atoms with E-state index in [9.17, 15) is 14.4 Å². The molecule has 0 saturated carbocycles. The van der Waals surface area contributed by atoms with Crippen LogP contribution >= 0.6 is 11.6 Å². The second kappa shape index (κ2) is 8.55. The van der Waals surface area contributed by atoms with Crippen molar-refractivity contribution in [1.29, 1.82) is 0 Å². The topological polar surface area (TPSA) is 81.7 Å². The highest BCUT2D eigenvalue weighted by Gasteiger charge is 2.51. The van der Waals surface area contributed by atoms with Gasteiger partial charge in [-0.1, -0.05) is 41.9 Å². The summed E-state index contributed by atoms with van der Waals surface area (Å²) in [6.07, 6.45) is 0. The van der Waals surface area contributed by atoms with E-state index in [1.54, 1.807) is 48.5 Å². The molecular formula is C23H20ClNO5. The first kappa shape index (κ1) is 21.3. The zero-order valence-electron chi connectivity index (χ0n) is 16.7. The smallest absolute Gasteiger partial charge is 0.304 e. The molecule has 1 N–H and O–H groups in total. The van der Waals surface area contributed by atoms with Crippen LogP contribution in [0.1, 0.15) is 19.4 Å². The zero-order valence-corrected chi connectivity index (χ0v) is 17.4. The van der Waals surface area contributed by atoms with Crippen LogP contribution in [-0.2, 0) is 24.7 Å². The van der Waals surface area contributed by atoms with Crippen molar-refractivity contribution >= 4 is 45.7 Å². The number of carbonyl (C=O) groups is 3. The molecular weight excluding hydrogens is 406 g/mol. The average Bonchev–Trinajstić information content (AvgIpc) is 2.72. The molecule has 154 valence electrons. The number of ether oxygens (including phenoxy) is 2. The highest BCUT2D eigenvalue weighted by atomic mass is 35.5. The van der Waals surface area contributed by atoms with Gasteiger partial charge < -0.3 is 14.8 Å². The standard InChI is InChI=1S/C23H20ClNO5/c1-14(26)23(30-15(2)27,22(28)25-18-11-9-17(24)10-12-18)21-19-7-5-4-6-16(19)8-13-20(21)29-3/h4-13H,1-3H3,(H,25,28). The molecule has 1 amide bonds. The van der Waals surface area contributed by atoms with Gasteiger partial charge in [-0.3, -0.25) is 14.4 Å². The molecule has 7 heteroatoms. The Morgan fingerprint density at radius 3 is 2.20 bits per heavy atom. The van der Waals surface area contributed by atoms with Crippen LogP contribution in [0.5, 0.6) is 5.75 Å². The monoisotopic (exact) mass is 425 g/mol. The number of methoxy groups -OCH3 is 1. The lowest BCUT2D eigenvalue weighted by molar-refractivity contribution is -0.171. The zero-order chi connectivity index (χ0) is 21.9. The van der Waals surface area contributed by atoms with Gasteiger partial charge in [-0.2, -0.15) is 0 Å². The molecule has 30 heavy (non-hydrogen) atoms. The van der Waals surface area contributed by atoms with Crippen LogP contribution in [0, 0.1) is 0 Å². The summed E-state index contributed by atoms with van der Waals surface area (Å²) in [7, 11) is 1.42. The van der Waals surface area contributed by atoms with E-state index in [1.807, 2.05) is 12.1 Å².